The van der Waals surface area contributed by atoms with Gasteiger partial charge in [-0.2, -0.15) is 0 Å². The van der Waals surface area contributed by atoms with Gasteiger partial charge in [-0.1, -0.05) is 6.58 Å². The fourth-order valence-electron chi connectivity index (χ4n) is 2.41. The molecule has 0 amide bonds. The average molecular weight is 481 g/mol. The van der Waals surface area contributed by atoms with Crippen molar-refractivity contribution in [3.8, 4) is 11.5 Å². The predicted molar refractivity (Wildman–Crippen MR) is 112 cm³/mol. The van der Waals surface area contributed by atoms with Crippen LogP contribution in [0.1, 0.15) is 41.4 Å². The van der Waals surface area contributed by atoms with E-state index in [1.165, 1.54) is 24.3 Å². The van der Waals surface area contributed by atoms with Gasteiger partial charge < -0.3 is 19.3 Å². The summed E-state index contributed by atoms with van der Waals surface area (Å²) in [6.07, 6.45) is 0.943. The van der Waals surface area contributed by atoms with Crippen LogP contribution in [0.4, 0.5) is 0 Å². The normalized spacial score (nSPS) is 10.1. The Hall–Kier alpha value is -3.69. The van der Waals surface area contributed by atoms with Gasteiger partial charge in [0.2, 0.25) is 0 Å². The Labute approximate surface area is 191 Å². The third-order valence-electron chi connectivity index (χ3n) is 3.82. The quantitative estimate of drug-likeness (QED) is 0.233. The lowest BCUT2D eigenvalue weighted by Gasteiger charge is -2.12. The topological polar surface area (TPSA) is 133 Å². The summed E-state index contributed by atoms with van der Waals surface area (Å²) in [6, 6.07) is 7.24. The van der Waals surface area contributed by atoms with Crippen molar-refractivity contribution in [2.24, 2.45) is 0 Å². The molecule has 0 aliphatic heterocycles. The number of carboxylic acid groups (broad SMARTS) is 1. The number of carbonyl (C=O) groups is 5. The molecular formula is C21H14Cl2O9. The summed E-state index contributed by atoms with van der Waals surface area (Å²) < 4.78 is 15.2. The SMILES string of the molecule is C=CC(=O)OCCOC(=O)c1cc(Oc2ccc(C(=O)Cl)c(C(=O)O)c2)ccc1C(=O)Cl. The van der Waals surface area contributed by atoms with Crippen molar-refractivity contribution in [1.82, 2.24) is 0 Å². The molecule has 0 bridgehead atoms. The Morgan fingerprint density at radius 1 is 0.812 bits per heavy atom. The zero-order valence-electron chi connectivity index (χ0n) is 16.1. The second-order valence-electron chi connectivity index (χ2n) is 5.88. The average Bonchev–Trinajstić information content (AvgIpc) is 2.75. The standard InChI is InChI=1S/C21H14Cl2O9/c1-2-17(24)30-7-8-31-21(29)16-10-12(4-6-14(16)19(23)26)32-11-3-5-13(18(22)25)15(9-11)20(27)28/h2-6,9-10H,1,7-8H2,(H,27,28). The molecule has 166 valence electrons. The first-order valence-electron chi connectivity index (χ1n) is 8.69. The molecule has 0 aliphatic rings. The van der Waals surface area contributed by atoms with Crippen LogP contribution < -0.4 is 4.74 Å². The molecule has 9 nitrogen and oxygen atoms in total. The fraction of sp³-hybridized carbons (Fsp3) is 0.0952. The molecule has 2 aromatic rings. The summed E-state index contributed by atoms with van der Waals surface area (Å²) in [4.78, 5) is 57.7. The molecule has 32 heavy (non-hydrogen) atoms. The lowest BCUT2D eigenvalue weighted by molar-refractivity contribution is -0.138. The van der Waals surface area contributed by atoms with E-state index in [2.05, 4.69) is 11.3 Å². The molecule has 0 aliphatic carbocycles. The molecule has 0 fully saturated rings. The van der Waals surface area contributed by atoms with Crippen LogP contribution in [0.3, 0.4) is 0 Å². The Bertz CT molecular complexity index is 1110. The zero-order chi connectivity index (χ0) is 23.8. The van der Waals surface area contributed by atoms with E-state index < -0.39 is 28.4 Å². The largest absolute Gasteiger partial charge is 0.478 e. The van der Waals surface area contributed by atoms with Crippen molar-refractivity contribution in [2.45, 2.75) is 0 Å². The van der Waals surface area contributed by atoms with Gasteiger partial charge in [0.05, 0.1) is 11.1 Å². The van der Waals surface area contributed by atoms with E-state index in [0.717, 1.165) is 18.2 Å². The van der Waals surface area contributed by atoms with E-state index in [0.29, 0.717) is 0 Å². The second kappa shape index (κ2) is 11.1. The monoisotopic (exact) mass is 480 g/mol. The minimum absolute atomic E-state index is 0.0182. The first kappa shape index (κ1) is 24.6. The van der Waals surface area contributed by atoms with E-state index in [1.54, 1.807) is 0 Å². The summed E-state index contributed by atoms with van der Waals surface area (Å²) in [5, 5.41) is 7.37. The van der Waals surface area contributed by atoms with E-state index in [1.807, 2.05) is 0 Å². The van der Waals surface area contributed by atoms with Crippen LogP contribution in [0.25, 0.3) is 0 Å². The van der Waals surface area contributed by atoms with E-state index in [4.69, 9.17) is 32.7 Å². The van der Waals surface area contributed by atoms with Crippen LogP contribution in [-0.4, -0.2) is 46.7 Å². The highest BCUT2D eigenvalue weighted by molar-refractivity contribution is 6.68. The van der Waals surface area contributed by atoms with Gasteiger partial charge in [0, 0.05) is 17.2 Å². The van der Waals surface area contributed by atoms with Gasteiger partial charge in [-0.15, -0.1) is 0 Å². The van der Waals surface area contributed by atoms with Gasteiger partial charge >= 0.3 is 17.9 Å². The Morgan fingerprint density at radius 3 is 1.81 bits per heavy atom. The molecule has 0 saturated heterocycles. The van der Waals surface area contributed by atoms with Crippen LogP contribution in [0, 0.1) is 0 Å². The van der Waals surface area contributed by atoms with Crippen molar-refractivity contribution in [1.29, 1.82) is 0 Å². The highest BCUT2D eigenvalue weighted by atomic mass is 35.5. The maximum absolute atomic E-state index is 12.4. The molecule has 2 rings (SSSR count). The van der Waals surface area contributed by atoms with Crippen LogP contribution >= 0.6 is 23.2 Å². The van der Waals surface area contributed by atoms with Gasteiger partial charge in [0.25, 0.3) is 10.5 Å². The summed E-state index contributed by atoms with van der Waals surface area (Å²) in [5.41, 5.74) is -1.01. The summed E-state index contributed by atoms with van der Waals surface area (Å²) >= 11 is 10.9. The lowest BCUT2D eigenvalue weighted by Crippen LogP contribution is -2.15. The number of ether oxygens (including phenoxy) is 3. The minimum Gasteiger partial charge on any atom is -0.478 e. The zero-order valence-corrected chi connectivity index (χ0v) is 17.6. The molecule has 0 saturated carbocycles. The molecule has 2 aromatic carbocycles. The Balaban J connectivity index is 2.26. The summed E-state index contributed by atoms with van der Waals surface area (Å²) in [6.45, 7) is 2.69. The number of halogens is 2. The summed E-state index contributed by atoms with van der Waals surface area (Å²) in [5.74, 6) is -2.98. The molecule has 0 atom stereocenters. The smallest absolute Gasteiger partial charge is 0.339 e. The second-order valence-corrected chi connectivity index (χ2v) is 6.56. The van der Waals surface area contributed by atoms with E-state index in [-0.39, 0.29) is 47.0 Å². The third kappa shape index (κ3) is 6.40. The van der Waals surface area contributed by atoms with Gasteiger partial charge in [-0.25, -0.2) is 14.4 Å². The van der Waals surface area contributed by atoms with Crippen LogP contribution in [-0.2, 0) is 14.3 Å². The summed E-state index contributed by atoms with van der Waals surface area (Å²) in [7, 11) is 0. The molecule has 0 spiro atoms. The minimum atomic E-state index is -1.40. The fourth-order valence-corrected chi connectivity index (χ4v) is 2.74. The van der Waals surface area contributed by atoms with Crippen molar-refractivity contribution in [3.63, 3.8) is 0 Å². The van der Waals surface area contributed by atoms with E-state index >= 15 is 0 Å². The first-order valence-corrected chi connectivity index (χ1v) is 9.44. The molecule has 1 N–H and O–H groups in total. The number of rotatable bonds is 10. The van der Waals surface area contributed by atoms with Crippen molar-refractivity contribution < 1.29 is 43.3 Å². The van der Waals surface area contributed by atoms with E-state index in [9.17, 15) is 29.1 Å². The van der Waals surface area contributed by atoms with Gasteiger partial charge in [0.15, 0.2) is 0 Å². The van der Waals surface area contributed by atoms with Crippen molar-refractivity contribution >= 4 is 51.6 Å². The Kier molecular flexibility index (Phi) is 8.51. The molecular weight excluding hydrogens is 467 g/mol. The lowest BCUT2D eigenvalue weighted by atomic mass is 10.1. The number of hydrogen-bond donors (Lipinski definition) is 1. The number of carboxylic acids is 1. The number of benzene rings is 2. The van der Waals surface area contributed by atoms with Crippen molar-refractivity contribution in [2.75, 3.05) is 13.2 Å². The maximum Gasteiger partial charge on any atom is 0.339 e. The van der Waals surface area contributed by atoms with Crippen LogP contribution in [0.5, 0.6) is 11.5 Å². The van der Waals surface area contributed by atoms with Gasteiger partial charge in [-0.3, -0.25) is 9.59 Å². The first-order chi connectivity index (χ1) is 15.1. The number of hydrogen-bond acceptors (Lipinski definition) is 8. The van der Waals surface area contributed by atoms with Crippen LogP contribution in [0.15, 0.2) is 49.1 Å². The number of esters is 2. The van der Waals surface area contributed by atoms with Crippen LogP contribution in [0.2, 0.25) is 0 Å². The van der Waals surface area contributed by atoms with Crippen molar-refractivity contribution in [3.05, 3.63) is 71.3 Å². The van der Waals surface area contributed by atoms with Gasteiger partial charge in [-0.05, 0) is 59.6 Å². The maximum atomic E-state index is 12.4. The molecule has 0 aromatic heterocycles. The molecule has 0 radical (unpaired) electrons. The highest BCUT2D eigenvalue weighted by Gasteiger charge is 2.20. The molecule has 0 unspecified atom stereocenters. The highest BCUT2D eigenvalue weighted by Crippen LogP contribution is 2.28. The molecule has 0 heterocycles. The Morgan fingerprint density at radius 2 is 1.31 bits per heavy atom. The third-order valence-corrected chi connectivity index (χ3v) is 4.23. The van der Waals surface area contributed by atoms with Gasteiger partial charge in [0.1, 0.15) is 24.7 Å². The molecule has 11 heteroatoms. The predicted octanol–water partition coefficient (Wildman–Crippen LogP) is 3.82. The number of carbonyl (C=O) groups excluding carboxylic acids is 4. The number of aromatic carboxylic acids is 1.